The maximum absolute atomic E-state index is 11.8. The van der Waals surface area contributed by atoms with Gasteiger partial charge in [0.05, 0.1) is 0 Å². The normalized spacial score (nSPS) is 11.4. The van der Waals surface area contributed by atoms with Gasteiger partial charge in [0.15, 0.2) is 0 Å². The molecule has 0 radical (unpaired) electrons. The minimum absolute atomic E-state index is 0.143. The van der Waals surface area contributed by atoms with Crippen LogP contribution >= 0.6 is 0 Å². The van der Waals surface area contributed by atoms with E-state index in [1.807, 2.05) is 30.3 Å². The first-order chi connectivity index (χ1) is 8.63. The first-order valence-corrected chi connectivity index (χ1v) is 5.72. The number of benzene rings is 1. The third kappa shape index (κ3) is 4.82. The molecule has 1 aromatic rings. The van der Waals surface area contributed by atoms with Gasteiger partial charge < -0.3 is 10.1 Å². The first-order valence-electron chi connectivity index (χ1n) is 5.72. The van der Waals surface area contributed by atoms with Gasteiger partial charge in [0, 0.05) is 13.3 Å². The molecule has 0 unspecified atom stereocenters. The molecule has 1 atom stereocenters. The fourth-order valence-corrected chi connectivity index (χ4v) is 1.53. The number of hydrogen-bond acceptors (Lipinski definition) is 3. The van der Waals surface area contributed by atoms with E-state index < -0.39 is 12.0 Å². The highest BCUT2D eigenvalue weighted by Crippen LogP contribution is 2.04. The molecule has 1 rings (SSSR count). The van der Waals surface area contributed by atoms with Crippen LogP contribution in [-0.2, 0) is 20.7 Å². The fraction of sp³-hybridized carbons (Fsp3) is 0.286. The van der Waals surface area contributed by atoms with Crippen LogP contribution < -0.4 is 5.32 Å². The van der Waals surface area contributed by atoms with Crippen LogP contribution in [0.4, 0.5) is 0 Å². The zero-order valence-electron chi connectivity index (χ0n) is 10.4. The summed E-state index contributed by atoms with van der Waals surface area (Å²) in [6, 6.07) is 8.80. The SMILES string of the molecule is C=CCOC(=O)[C@H](Cc1ccccc1)NC(C)=O. The summed E-state index contributed by atoms with van der Waals surface area (Å²) in [5.41, 5.74) is 0.965. The predicted octanol–water partition coefficient (Wildman–Crippen LogP) is 1.46. The van der Waals surface area contributed by atoms with Crippen molar-refractivity contribution in [1.82, 2.24) is 5.32 Å². The number of rotatable bonds is 6. The van der Waals surface area contributed by atoms with Gasteiger partial charge in [0.2, 0.25) is 5.91 Å². The van der Waals surface area contributed by atoms with Crippen LogP contribution in [0.15, 0.2) is 43.0 Å². The van der Waals surface area contributed by atoms with Crippen LogP contribution in [0.5, 0.6) is 0 Å². The molecule has 0 aliphatic rings. The molecule has 4 nitrogen and oxygen atoms in total. The van der Waals surface area contributed by atoms with E-state index in [1.54, 1.807) is 0 Å². The molecule has 0 aliphatic carbocycles. The van der Waals surface area contributed by atoms with Crippen molar-refractivity contribution in [2.45, 2.75) is 19.4 Å². The summed E-state index contributed by atoms with van der Waals surface area (Å²) in [7, 11) is 0. The van der Waals surface area contributed by atoms with Crippen LogP contribution in [0.25, 0.3) is 0 Å². The second-order valence-electron chi connectivity index (χ2n) is 3.86. The molecular weight excluding hydrogens is 230 g/mol. The Morgan fingerprint density at radius 2 is 2.06 bits per heavy atom. The van der Waals surface area contributed by atoms with Crippen molar-refractivity contribution in [2.24, 2.45) is 0 Å². The largest absolute Gasteiger partial charge is 0.460 e. The van der Waals surface area contributed by atoms with E-state index in [1.165, 1.54) is 13.0 Å². The van der Waals surface area contributed by atoms with Crippen molar-refractivity contribution in [1.29, 1.82) is 0 Å². The van der Waals surface area contributed by atoms with Crippen LogP contribution in [0.3, 0.4) is 0 Å². The van der Waals surface area contributed by atoms with E-state index in [2.05, 4.69) is 11.9 Å². The Bertz CT molecular complexity index is 414. The number of carbonyl (C=O) groups excluding carboxylic acids is 2. The molecule has 18 heavy (non-hydrogen) atoms. The highest BCUT2D eigenvalue weighted by atomic mass is 16.5. The molecule has 0 heterocycles. The second-order valence-corrected chi connectivity index (χ2v) is 3.86. The lowest BCUT2D eigenvalue weighted by Crippen LogP contribution is -2.42. The van der Waals surface area contributed by atoms with Crippen molar-refractivity contribution >= 4 is 11.9 Å². The molecule has 0 fully saturated rings. The highest BCUT2D eigenvalue weighted by molar-refractivity contribution is 5.83. The average molecular weight is 247 g/mol. The van der Waals surface area contributed by atoms with E-state index in [-0.39, 0.29) is 12.5 Å². The van der Waals surface area contributed by atoms with Gasteiger partial charge in [-0.3, -0.25) is 4.79 Å². The van der Waals surface area contributed by atoms with Gasteiger partial charge in [-0.15, -0.1) is 0 Å². The predicted molar refractivity (Wildman–Crippen MR) is 68.9 cm³/mol. The Kier molecular flexibility index (Phi) is 5.64. The zero-order valence-corrected chi connectivity index (χ0v) is 10.4. The third-order valence-electron chi connectivity index (χ3n) is 2.29. The van der Waals surface area contributed by atoms with Gasteiger partial charge >= 0.3 is 5.97 Å². The molecule has 1 amide bonds. The fourth-order valence-electron chi connectivity index (χ4n) is 1.53. The molecule has 0 bridgehead atoms. The zero-order chi connectivity index (χ0) is 13.4. The summed E-state index contributed by atoms with van der Waals surface area (Å²) in [6.07, 6.45) is 1.90. The van der Waals surface area contributed by atoms with E-state index in [9.17, 15) is 9.59 Å². The average Bonchev–Trinajstić information content (AvgIpc) is 2.36. The molecular formula is C14H17NO3. The lowest BCUT2D eigenvalue weighted by atomic mass is 10.1. The molecule has 1 aromatic carbocycles. The molecule has 1 N–H and O–H groups in total. The van der Waals surface area contributed by atoms with Crippen LogP contribution in [-0.4, -0.2) is 24.5 Å². The van der Waals surface area contributed by atoms with Crippen molar-refractivity contribution in [2.75, 3.05) is 6.61 Å². The maximum Gasteiger partial charge on any atom is 0.329 e. The van der Waals surface area contributed by atoms with E-state index in [0.717, 1.165) is 5.56 Å². The Labute approximate surface area is 107 Å². The summed E-state index contributed by atoms with van der Waals surface area (Å²) in [5, 5.41) is 2.59. The number of hydrogen-bond donors (Lipinski definition) is 1. The summed E-state index contributed by atoms with van der Waals surface area (Å²) in [6.45, 7) is 4.99. The lowest BCUT2D eigenvalue weighted by molar-refractivity contribution is -0.146. The molecule has 0 aliphatic heterocycles. The summed E-state index contributed by atoms with van der Waals surface area (Å²) < 4.78 is 4.95. The molecule has 0 spiro atoms. The number of amides is 1. The Morgan fingerprint density at radius 3 is 2.61 bits per heavy atom. The number of esters is 1. The monoisotopic (exact) mass is 247 g/mol. The first kappa shape index (κ1) is 14.0. The summed E-state index contributed by atoms with van der Waals surface area (Å²) in [5.74, 6) is -0.708. The second kappa shape index (κ2) is 7.27. The van der Waals surface area contributed by atoms with E-state index in [0.29, 0.717) is 6.42 Å². The molecule has 96 valence electrons. The van der Waals surface area contributed by atoms with Crippen molar-refractivity contribution in [3.8, 4) is 0 Å². The summed E-state index contributed by atoms with van der Waals surface area (Å²) in [4.78, 5) is 22.8. The molecule has 4 heteroatoms. The molecule has 0 aromatic heterocycles. The maximum atomic E-state index is 11.8. The van der Waals surface area contributed by atoms with Gasteiger partial charge in [0.1, 0.15) is 12.6 Å². The van der Waals surface area contributed by atoms with Crippen molar-refractivity contribution in [3.05, 3.63) is 48.6 Å². The van der Waals surface area contributed by atoms with Gasteiger partial charge in [-0.1, -0.05) is 43.0 Å². The standard InChI is InChI=1S/C14H17NO3/c1-3-9-18-14(17)13(15-11(2)16)10-12-7-5-4-6-8-12/h3-8,13H,1,9-10H2,2H3,(H,15,16)/t13-/m0/s1. The number of ether oxygens (including phenoxy) is 1. The van der Waals surface area contributed by atoms with Gasteiger partial charge in [-0.25, -0.2) is 4.79 Å². The Balaban J connectivity index is 2.68. The topological polar surface area (TPSA) is 55.4 Å². The number of carbonyl (C=O) groups is 2. The smallest absolute Gasteiger partial charge is 0.329 e. The Hall–Kier alpha value is -2.10. The molecule has 0 saturated carbocycles. The third-order valence-corrected chi connectivity index (χ3v) is 2.29. The molecule has 0 saturated heterocycles. The van der Waals surface area contributed by atoms with Gasteiger partial charge in [-0.2, -0.15) is 0 Å². The van der Waals surface area contributed by atoms with Crippen molar-refractivity contribution < 1.29 is 14.3 Å². The van der Waals surface area contributed by atoms with E-state index >= 15 is 0 Å². The Morgan fingerprint density at radius 1 is 1.39 bits per heavy atom. The summed E-state index contributed by atoms with van der Waals surface area (Å²) >= 11 is 0. The van der Waals surface area contributed by atoms with Crippen molar-refractivity contribution in [3.63, 3.8) is 0 Å². The minimum Gasteiger partial charge on any atom is -0.460 e. The van der Waals surface area contributed by atoms with Gasteiger partial charge in [0.25, 0.3) is 0 Å². The van der Waals surface area contributed by atoms with Crippen LogP contribution in [0.1, 0.15) is 12.5 Å². The lowest BCUT2D eigenvalue weighted by Gasteiger charge is -2.16. The van der Waals surface area contributed by atoms with Crippen LogP contribution in [0, 0.1) is 0 Å². The number of nitrogens with one attached hydrogen (secondary N) is 1. The van der Waals surface area contributed by atoms with Gasteiger partial charge in [-0.05, 0) is 5.56 Å². The van der Waals surface area contributed by atoms with Crippen LogP contribution in [0.2, 0.25) is 0 Å². The quantitative estimate of drug-likeness (QED) is 0.611. The minimum atomic E-state index is -0.662. The van der Waals surface area contributed by atoms with E-state index in [4.69, 9.17) is 4.74 Å². The highest BCUT2D eigenvalue weighted by Gasteiger charge is 2.20.